The van der Waals surface area contributed by atoms with Crippen molar-refractivity contribution in [3.8, 4) is 0 Å². The summed E-state index contributed by atoms with van der Waals surface area (Å²) in [5.74, 6) is -2.89. The Morgan fingerprint density at radius 2 is 1.83 bits per heavy atom. The van der Waals surface area contributed by atoms with E-state index in [1.807, 2.05) is 0 Å². The van der Waals surface area contributed by atoms with Crippen LogP contribution in [0.3, 0.4) is 0 Å². The molecule has 1 aromatic rings. The van der Waals surface area contributed by atoms with Gasteiger partial charge in [0.2, 0.25) is 11.8 Å². The third kappa shape index (κ3) is 8.88. The Hall–Kier alpha value is -3.18. The number of carbonyl (C=O) groups is 3. The number of benzene rings is 1. The molecular formula is C19H30N6O5. The van der Waals surface area contributed by atoms with Crippen molar-refractivity contribution >= 4 is 23.7 Å². The number of guanidine groups is 1. The second-order valence-corrected chi connectivity index (χ2v) is 6.82. The van der Waals surface area contributed by atoms with Gasteiger partial charge in [0.25, 0.3) is 0 Å². The Kier molecular flexibility index (Phi) is 9.55. The van der Waals surface area contributed by atoms with E-state index in [4.69, 9.17) is 12.9 Å². The molecule has 30 heavy (non-hydrogen) atoms. The normalized spacial score (nSPS) is 15.1. The number of aliphatic carboxylic acids is 1. The predicted octanol–water partition coefficient (Wildman–Crippen LogP) is -1.95. The van der Waals surface area contributed by atoms with Gasteiger partial charge >= 0.3 is 5.97 Å². The highest BCUT2D eigenvalue weighted by Gasteiger charge is 2.30. The van der Waals surface area contributed by atoms with Gasteiger partial charge in [-0.2, -0.15) is 0 Å². The van der Waals surface area contributed by atoms with Crippen LogP contribution in [0.2, 0.25) is 1.41 Å². The third-order valence-electron chi connectivity index (χ3n) is 4.22. The molecule has 0 aliphatic rings. The van der Waals surface area contributed by atoms with Gasteiger partial charge in [-0.3, -0.25) is 14.6 Å². The molecule has 11 heteroatoms. The highest BCUT2D eigenvalue weighted by Crippen LogP contribution is 2.05. The molecule has 0 aliphatic carbocycles. The summed E-state index contributed by atoms with van der Waals surface area (Å²) in [4.78, 5) is 40.4. The molecule has 0 fully saturated rings. The van der Waals surface area contributed by atoms with Crippen LogP contribution in [-0.2, 0) is 20.8 Å². The van der Waals surface area contributed by atoms with Crippen LogP contribution in [0.15, 0.2) is 35.3 Å². The Labute approximate surface area is 176 Å². The van der Waals surface area contributed by atoms with Crippen molar-refractivity contribution < 1.29 is 26.0 Å². The quantitative estimate of drug-likeness (QED) is 0.107. The molecule has 0 saturated carbocycles. The zero-order valence-corrected chi connectivity index (χ0v) is 16.7. The van der Waals surface area contributed by atoms with Gasteiger partial charge in [-0.05, 0) is 25.3 Å². The third-order valence-corrected chi connectivity index (χ3v) is 4.22. The fourth-order valence-corrected chi connectivity index (χ4v) is 2.61. The molecule has 0 saturated heterocycles. The largest absolute Gasteiger partial charge is 0.480 e. The molecule has 0 heterocycles. The Morgan fingerprint density at radius 3 is 2.37 bits per heavy atom. The van der Waals surface area contributed by atoms with Crippen molar-refractivity contribution in [1.29, 1.82) is 0 Å². The van der Waals surface area contributed by atoms with Crippen LogP contribution in [0.4, 0.5) is 0 Å². The highest BCUT2D eigenvalue weighted by atomic mass is 16.4. The van der Waals surface area contributed by atoms with Crippen LogP contribution in [0, 0.1) is 0 Å². The van der Waals surface area contributed by atoms with Gasteiger partial charge in [0.05, 0.1) is 12.1 Å². The molecule has 0 radical (unpaired) electrons. The molecule has 0 unspecified atom stereocenters. The number of carboxylic acid groups (broad SMARTS) is 1. The molecule has 10 N–H and O–H groups in total. The monoisotopic (exact) mass is 423 g/mol. The van der Waals surface area contributed by atoms with Crippen LogP contribution in [0.1, 0.15) is 25.3 Å². The maximum atomic E-state index is 12.6. The first kappa shape index (κ1) is 23.1. The molecule has 0 aliphatic heterocycles. The summed E-state index contributed by atoms with van der Waals surface area (Å²) >= 11 is 0. The van der Waals surface area contributed by atoms with Gasteiger partial charge in [-0.15, -0.1) is 0 Å². The molecule has 166 valence electrons. The van der Waals surface area contributed by atoms with E-state index in [2.05, 4.69) is 21.4 Å². The lowest BCUT2D eigenvalue weighted by molar-refractivity contribution is -0.142. The minimum absolute atomic E-state index is 0.0318. The number of aliphatic hydroxyl groups is 1. The van der Waals surface area contributed by atoms with Crippen molar-refractivity contribution in [3.63, 3.8) is 0 Å². The van der Waals surface area contributed by atoms with E-state index < -0.39 is 42.0 Å². The summed E-state index contributed by atoms with van der Waals surface area (Å²) in [5, 5.41) is 24.1. The number of hydrogen-bond donors (Lipinski definition) is 7. The Morgan fingerprint density at radius 1 is 1.17 bits per heavy atom. The van der Waals surface area contributed by atoms with Crippen LogP contribution in [-0.4, -0.2) is 64.7 Å². The predicted molar refractivity (Wildman–Crippen MR) is 111 cm³/mol. The number of nitrogens with one attached hydrogen (secondary N) is 2. The number of carbonyl (C=O) groups excluding carboxylic acids is 2. The number of rotatable bonds is 13. The molecule has 0 bridgehead atoms. The lowest BCUT2D eigenvalue weighted by Crippen LogP contribution is -2.58. The van der Waals surface area contributed by atoms with E-state index in [9.17, 15) is 24.6 Å². The van der Waals surface area contributed by atoms with Gasteiger partial charge < -0.3 is 38.0 Å². The summed E-state index contributed by atoms with van der Waals surface area (Å²) in [6.45, 7) is 1.55. The number of carboxylic acids is 1. The lowest BCUT2D eigenvalue weighted by Gasteiger charge is -2.24. The van der Waals surface area contributed by atoms with E-state index in [1.165, 1.54) is 6.92 Å². The standard InChI is InChI=1S/C19H30N6O5/c1-11(26)15(25-16(27)13(20)8-5-9-23-19(21)22)17(28)24-14(18(29)30)10-12-6-3-2-4-7-12/h2-4,6-7,11,13-15,26H,5,8-10,20H2,1H3,(H,24,28)(H,25,27)(H,29,30)(H4,21,22,23)/t11-,13-,14-,15-/m0/s1/i/hD. The number of aliphatic imine (C=N–C) groups is 1. The molecule has 11 nitrogen and oxygen atoms in total. The summed E-state index contributed by atoms with van der Waals surface area (Å²) in [7, 11) is 0. The highest BCUT2D eigenvalue weighted by molar-refractivity contribution is 5.92. The topological polar surface area (TPSA) is 206 Å². The fourth-order valence-electron chi connectivity index (χ4n) is 2.61. The van der Waals surface area contributed by atoms with Crippen LogP contribution < -0.4 is 27.8 Å². The Bertz CT molecular complexity index is 757. The van der Waals surface area contributed by atoms with Crippen molar-refractivity contribution in [1.82, 2.24) is 10.6 Å². The van der Waals surface area contributed by atoms with E-state index in [0.717, 1.165) is 0 Å². The number of aliphatic hydroxyl groups excluding tert-OH is 1. The van der Waals surface area contributed by atoms with Gasteiger partial charge in [-0.1, -0.05) is 30.3 Å². The first-order chi connectivity index (χ1) is 14.6. The molecule has 4 atom stereocenters. The van der Waals surface area contributed by atoms with Gasteiger partial charge in [0.15, 0.2) is 5.96 Å². The molecular weight excluding hydrogens is 392 g/mol. The van der Waals surface area contributed by atoms with E-state index in [1.54, 1.807) is 30.3 Å². The van der Waals surface area contributed by atoms with Crippen molar-refractivity contribution in [3.05, 3.63) is 35.9 Å². The summed E-state index contributed by atoms with van der Waals surface area (Å²) < 4.78 is 7.33. The molecule has 0 spiro atoms. The maximum absolute atomic E-state index is 12.6. The maximum Gasteiger partial charge on any atom is 0.326 e. The van der Waals surface area contributed by atoms with Crippen LogP contribution >= 0.6 is 0 Å². The molecule has 1 aromatic carbocycles. The van der Waals surface area contributed by atoms with Crippen molar-refractivity contribution in [2.45, 2.75) is 50.4 Å². The van der Waals surface area contributed by atoms with Crippen molar-refractivity contribution in [2.24, 2.45) is 22.2 Å². The number of hydrogen-bond acceptors (Lipinski definition) is 6. The average Bonchev–Trinajstić information content (AvgIpc) is 2.71. The molecule has 1 rings (SSSR count). The number of nitrogens with two attached hydrogens (primary N) is 3. The minimum atomic E-state index is -1.40. The smallest absolute Gasteiger partial charge is 0.326 e. The summed E-state index contributed by atoms with van der Waals surface area (Å²) in [6, 6.07) is 5.09. The second-order valence-electron chi connectivity index (χ2n) is 6.82. The van der Waals surface area contributed by atoms with Gasteiger partial charge in [0, 0.05) is 13.0 Å². The molecule has 2 amide bonds. The fraction of sp³-hybridized carbons (Fsp3) is 0.474. The van der Waals surface area contributed by atoms with Crippen LogP contribution in [0.5, 0.6) is 0 Å². The van der Waals surface area contributed by atoms with Crippen LogP contribution in [0.25, 0.3) is 0 Å². The van der Waals surface area contributed by atoms with Gasteiger partial charge in [0.1, 0.15) is 13.5 Å². The average molecular weight is 423 g/mol. The minimum Gasteiger partial charge on any atom is -0.480 e. The van der Waals surface area contributed by atoms with E-state index in [-0.39, 0.29) is 25.3 Å². The SMILES string of the molecule is [2H]N[C@@H](CCCN=C(N)N)C(=O)N[C@H](C(=O)N[C@@H](Cc1ccccc1)C(=O)O)[C@H](C)O. The lowest BCUT2D eigenvalue weighted by atomic mass is 10.0. The van der Waals surface area contributed by atoms with Gasteiger partial charge in [-0.25, -0.2) is 4.79 Å². The zero-order valence-electron chi connectivity index (χ0n) is 17.7. The summed E-state index contributed by atoms with van der Waals surface area (Å²) in [5.41, 5.74) is 13.2. The molecule has 0 aromatic heterocycles. The second kappa shape index (κ2) is 12.4. The van der Waals surface area contributed by atoms with E-state index >= 15 is 0 Å². The van der Waals surface area contributed by atoms with E-state index in [0.29, 0.717) is 12.0 Å². The number of amides is 2. The Balaban J connectivity index is 2.76. The first-order valence-corrected chi connectivity index (χ1v) is 9.43. The first-order valence-electron chi connectivity index (χ1n) is 9.93. The number of nitrogens with zero attached hydrogens (tertiary/aromatic N) is 1. The summed E-state index contributed by atoms with van der Waals surface area (Å²) in [6.07, 6.45) is -0.676. The van der Waals surface area contributed by atoms with Crippen molar-refractivity contribution in [2.75, 3.05) is 6.54 Å². The zero-order chi connectivity index (χ0) is 23.4.